The smallest absolute Gasteiger partial charge is 0.226 e. The number of hydrogen-bond donors (Lipinski definition) is 1. The summed E-state index contributed by atoms with van der Waals surface area (Å²) in [6.45, 7) is 0.663. The Morgan fingerprint density at radius 1 is 1.25 bits per heavy atom. The SMILES string of the molecule is O=C1CC2C(c3ccccc3)=CCN=C2N1. The van der Waals surface area contributed by atoms with E-state index in [4.69, 9.17) is 0 Å². The zero-order valence-corrected chi connectivity index (χ0v) is 8.81. The van der Waals surface area contributed by atoms with Crippen molar-refractivity contribution in [3.8, 4) is 0 Å². The highest BCUT2D eigenvalue weighted by atomic mass is 16.2. The van der Waals surface area contributed by atoms with Crippen molar-refractivity contribution in [1.29, 1.82) is 0 Å². The second-order valence-electron chi connectivity index (χ2n) is 4.06. The average Bonchev–Trinajstić information content (AvgIpc) is 2.70. The third-order valence-corrected chi connectivity index (χ3v) is 3.04. The van der Waals surface area contributed by atoms with Gasteiger partial charge < -0.3 is 5.32 Å². The molecule has 2 aliphatic heterocycles. The topological polar surface area (TPSA) is 41.5 Å². The molecule has 2 heterocycles. The molecule has 1 N–H and O–H groups in total. The van der Waals surface area contributed by atoms with Crippen molar-refractivity contribution in [2.75, 3.05) is 6.54 Å². The van der Waals surface area contributed by atoms with E-state index >= 15 is 0 Å². The van der Waals surface area contributed by atoms with Gasteiger partial charge in [0.15, 0.2) is 0 Å². The third kappa shape index (κ3) is 1.45. The molecule has 0 aliphatic carbocycles. The van der Waals surface area contributed by atoms with Crippen LogP contribution in [-0.2, 0) is 4.79 Å². The number of rotatable bonds is 1. The molecule has 0 bridgehead atoms. The highest BCUT2D eigenvalue weighted by Gasteiger charge is 2.33. The third-order valence-electron chi connectivity index (χ3n) is 3.04. The number of carbonyl (C=O) groups is 1. The van der Waals surface area contributed by atoms with E-state index in [1.807, 2.05) is 18.2 Å². The van der Waals surface area contributed by atoms with Gasteiger partial charge in [0.1, 0.15) is 5.84 Å². The highest BCUT2D eigenvalue weighted by molar-refractivity contribution is 6.12. The van der Waals surface area contributed by atoms with Crippen molar-refractivity contribution in [2.45, 2.75) is 6.42 Å². The van der Waals surface area contributed by atoms with E-state index < -0.39 is 0 Å². The van der Waals surface area contributed by atoms with Crippen LogP contribution in [0.1, 0.15) is 12.0 Å². The number of fused-ring (bicyclic) bond motifs is 1. The van der Waals surface area contributed by atoms with E-state index in [2.05, 4.69) is 28.5 Å². The molecule has 3 heteroatoms. The summed E-state index contributed by atoms with van der Waals surface area (Å²) in [5.41, 5.74) is 2.42. The van der Waals surface area contributed by atoms with Crippen LogP contribution in [0.15, 0.2) is 41.4 Å². The van der Waals surface area contributed by atoms with Gasteiger partial charge in [0.25, 0.3) is 0 Å². The van der Waals surface area contributed by atoms with Crippen molar-refractivity contribution < 1.29 is 4.79 Å². The molecule has 1 aromatic carbocycles. The Morgan fingerprint density at radius 2 is 2.06 bits per heavy atom. The van der Waals surface area contributed by atoms with Gasteiger partial charge >= 0.3 is 0 Å². The lowest BCUT2D eigenvalue weighted by Crippen LogP contribution is -2.25. The molecular formula is C13H12N2O. The summed E-state index contributed by atoms with van der Waals surface area (Å²) in [5.74, 6) is 1.06. The number of amidine groups is 1. The first-order valence-electron chi connectivity index (χ1n) is 5.44. The maximum Gasteiger partial charge on any atom is 0.226 e. The normalized spacial score (nSPS) is 23.2. The Labute approximate surface area is 93.9 Å². The summed E-state index contributed by atoms with van der Waals surface area (Å²) in [7, 11) is 0. The predicted octanol–water partition coefficient (Wildman–Crippen LogP) is 1.62. The maximum absolute atomic E-state index is 11.4. The first-order valence-corrected chi connectivity index (χ1v) is 5.44. The maximum atomic E-state index is 11.4. The van der Waals surface area contributed by atoms with E-state index in [1.165, 1.54) is 11.1 Å². The van der Waals surface area contributed by atoms with Gasteiger partial charge in [-0.15, -0.1) is 0 Å². The van der Waals surface area contributed by atoms with Crippen LogP contribution >= 0.6 is 0 Å². The largest absolute Gasteiger partial charge is 0.314 e. The monoisotopic (exact) mass is 212 g/mol. The summed E-state index contributed by atoms with van der Waals surface area (Å²) in [6, 6.07) is 10.2. The van der Waals surface area contributed by atoms with Crippen LogP contribution in [0.3, 0.4) is 0 Å². The van der Waals surface area contributed by atoms with Crippen molar-refractivity contribution in [2.24, 2.45) is 10.9 Å². The molecule has 1 fully saturated rings. The Bertz CT molecular complexity index is 488. The van der Waals surface area contributed by atoms with Gasteiger partial charge in [-0.2, -0.15) is 0 Å². The van der Waals surface area contributed by atoms with Gasteiger partial charge in [-0.05, 0) is 11.1 Å². The standard InChI is InChI=1S/C13H12N2O/c16-12-8-11-10(6-7-14-13(11)15-12)9-4-2-1-3-5-9/h1-6,11H,7-8H2,(H,14,15,16). The van der Waals surface area contributed by atoms with Gasteiger partial charge in [-0.3, -0.25) is 9.79 Å². The molecule has 0 aromatic heterocycles. The highest BCUT2D eigenvalue weighted by Crippen LogP contribution is 2.31. The molecule has 1 amide bonds. The number of nitrogens with zero attached hydrogens (tertiary/aromatic N) is 1. The molecule has 1 aromatic rings. The summed E-state index contributed by atoms with van der Waals surface area (Å²) in [4.78, 5) is 15.7. The molecule has 0 radical (unpaired) electrons. The fraction of sp³-hybridized carbons (Fsp3) is 0.231. The van der Waals surface area contributed by atoms with E-state index in [0.29, 0.717) is 13.0 Å². The van der Waals surface area contributed by atoms with Gasteiger partial charge in [0.2, 0.25) is 5.91 Å². The van der Waals surface area contributed by atoms with Crippen LogP contribution in [0.2, 0.25) is 0 Å². The van der Waals surface area contributed by atoms with E-state index in [1.54, 1.807) is 0 Å². The molecule has 1 unspecified atom stereocenters. The van der Waals surface area contributed by atoms with E-state index in [0.717, 1.165) is 5.84 Å². The van der Waals surface area contributed by atoms with Crippen LogP contribution in [0.5, 0.6) is 0 Å². The van der Waals surface area contributed by atoms with Crippen molar-refractivity contribution >= 4 is 17.3 Å². The van der Waals surface area contributed by atoms with Crippen molar-refractivity contribution in [3.63, 3.8) is 0 Å². The van der Waals surface area contributed by atoms with E-state index in [-0.39, 0.29) is 11.8 Å². The predicted molar refractivity (Wildman–Crippen MR) is 63.0 cm³/mol. The van der Waals surface area contributed by atoms with Crippen LogP contribution < -0.4 is 5.32 Å². The second kappa shape index (κ2) is 3.59. The minimum absolute atomic E-state index is 0.0764. The molecule has 16 heavy (non-hydrogen) atoms. The first-order chi connectivity index (χ1) is 7.84. The average molecular weight is 212 g/mol. The lowest BCUT2D eigenvalue weighted by Gasteiger charge is -2.18. The van der Waals surface area contributed by atoms with Gasteiger partial charge in [0.05, 0.1) is 12.5 Å². The summed E-state index contributed by atoms with van der Waals surface area (Å²) in [5, 5.41) is 2.83. The minimum atomic E-state index is 0.0764. The summed E-state index contributed by atoms with van der Waals surface area (Å²) >= 11 is 0. The second-order valence-corrected chi connectivity index (χ2v) is 4.06. The number of hydrogen-bond acceptors (Lipinski definition) is 2. The fourth-order valence-electron chi connectivity index (χ4n) is 2.30. The lowest BCUT2D eigenvalue weighted by atomic mass is 9.89. The minimum Gasteiger partial charge on any atom is -0.314 e. The van der Waals surface area contributed by atoms with Crippen LogP contribution in [0.25, 0.3) is 5.57 Å². The summed E-state index contributed by atoms with van der Waals surface area (Å²) < 4.78 is 0. The number of dihydropyridines is 1. The molecular weight excluding hydrogens is 200 g/mol. The van der Waals surface area contributed by atoms with Crippen LogP contribution in [-0.4, -0.2) is 18.3 Å². The molecule has 3 rings (SSSR count). The van der Waals surface area contributed by atoms with Gasteiger partial charge in [-0.1, -0.05) is 36.4 Å². The zero-order valence-electron chi connectivity index (χ0n) is 8.81. The Balaban J connectivity index is 1.98. The molecule has 3 nitrogen and oxygen atoms in total. The molecule has 0 saturated carbocycles. The Morgan fingerprint density at radius 3 is 2.88 bits per heavy atom. The zero-order chi connectivity index (χ0) is 11.0. The number of benzene rings is 1. The fourth-order valence-corrected chi connectivity index (χ4v) is 2.30. The number of aliphatic imine (C=N–C) groups is 1. The molecule has 1 atom stereocenters. The number of carbonyl (C=O) groups excluding carboxylic acids is 1. The van der Waals surface area contributed by atoms with Gasteiger partial charge in [0, 0.05) is 6.42 Å². The first kappa shape index (κ1) is 9.33. The summed E-state index contributed by atoms with van der Waals surface area (Å²) in [6.07, 6.45) is 2.64. The van der Waals surface area contributed by atoms with Crippen LogP contribution in [0.4, 0.5) is 0 Å². The quantitative estimate of drug-likeness (QED) is 0.755. The van der Waals surface area contributed by atoms with Crippen LogP contribution in [0, 0.1) is 5.92 Å². The number of nitrogens with one attached hydrogen (secondary N) is 1. The number of amides is 1. The molecule has 2 aliphatic rings. The van der Waals surface area contributed by atoms with Crippen molar-refractivity contribution in [3.05, 3.63) is 42.0 Å². The molecule has 1 saturated heterocycles. The Hall–Kier alpha value is -1.90. The Kier molecular flexibility index (Phi) is 2.10. The van der Waals surface area contributed by atoms with Crippen molar-refractivity contribution in [1.82, 2.24) is 5.32 Å². The van der Waals surface area contributed by atoms with Gasteiger partial charge in [-0.25, -0.2) is 0 Å². The lowest BCUT2D eigenvalue weighted by molar-refractivity contribution is -0.118. The van der Waals surface area contributed by atoms with E-state index in [9.17, 15) is 4.79 Å². The molecule has 0 spiro atoms. The molecule has 80 valence electrons.